The van der Waals surface area contributed by atoms with Crippen LogP contribution in [0.2, 0.25) is 0 Å². The first-order chi connectivity index (χ1) is 9.45. The fourth-order valence-electron chi connectivity index (χ4n) is 1.97. The fraction of sp³-hybridized carbons (Fsp3) is 0.200. The molecule has 0 bridgehead atoms. The second kappa shape index (κ2) is 5.54. The van der Waals surface area contributed by atoms with Crippen molar-refractivity contribution >= 4 is 21.4 Å². The van der Waals surface area contributed by atoms with Crippen LogP contribution < -0.4 is 10.0 Å². The topological polar surface area (TPSA) is 63.4 Å². The van der Waals surface area contributed by atoms with E-state index < -0.39 is 10.0 Å². The molecule has 5 heteroatoms. The van der Waals surface area contributed by atoms with Gasteiger partial charge in [-0.25, -0.2) is 8.42 Å². The van der Waals surface area contributed by atoms with Crippen LogP contribution in [0.3, 0.4) is 0 Å². The molecule has 0 amide bonds. The molecular formula is C15H18N2O2S. The number of rotatable bonds is 4. The van der Waals surface area contributed by atoms with E-state index in [1.807, 2.05) is 13.8 Å². The van der Waals surface area contributed by atoms with Gasteiger partial charge in [0.15, 0.2) is 0 Å². The van der Waals surface area contributed by atoms with Crippen molar-refractivity contribution in [3.8, 4) is 0 Å². The van der Waals surface area contributed by atoms with Crippen LogP contribution >= 0.6 is 0 Å². The monoisotopic (exact) mass is 290 g/mol. The van der Waals surface area contributed by atoms with Crippen molar-refractivity contribution in [3.63, 3.8) is 0 Å². The highest BCUT2D eigenvalue weighted by molar-refractivity contribution is 7.92. The molecule has 0 aliphatic rings. The second-order valence-corrected chi connectivity index (χ2v) is 6.44. The maximum absolute atomic E-state index is 12.7. The summed E-state index contributed by atoms with van der Waals surface area (Å²) in [6.07, 6.45) is 0. The largest absolute Gasteiger partial charge is 0.399 e. The Kier molecular flexibility index (Phi) is 3.99. The predicted octanol–water partition coefficient (Wildman–Crippen LogP) is 2.79. The highest BCUT2D eigenvalue weighted by atomic mass is 32.2. The number of hydrogen-bond acceptors (Lipinski definition) is 3. The minimum atomic E-state index is -3.54. The Morgan fingerprint density at radius 3 is 2.05 bits per heavy atom. The molecule has 0 unspecified atom stereocenters. The average molecular weight is 290 g/mol. The third kappa shape index (κ3) is 2.77. The van der Waals surface area contributed by atoms with E-state index in [-0.39, 0.29) is 0 Å². The van der Waals surface area contributed by atoms with Gasteiger partial charge >= 0.3 is 0 Å². The molecule has 0 radical (unpaired) electrons. The van der Waals surface area contributed by atoms with Gasteiger partial charge in [0.05, 0.1) is 10.6 Å². The van der Waals surface area contributed by atoms with Crippen LogP contribution in [0.15, 0.2) is 53.4 Å². The highest BCUT2D eigenvalue weighted by Gasteiger charge is 2.23. The third-order valence-electron chi connectivity index (χ3n) is 3.08. The van der Waals surface area contributed by atoms with Gasteiger partial charge in [0.1, 0.15) is 0 Å². The Hall–Kier alpha value is -2.01. The van der Waals surface area contributed by atoms with E-state index in [1.54, 1.807) is 48.5 Å². The zero-order chi connectivity index (χ0) is 14.8. The quantitative estimate of drug-likeness (QED) is 0.881. The normalized spacial score (nSPS) is 11.3. The van der Waals surface area contributed by atoms with E-state index in [0.29, 0.717) is 22.8 Å². The molecule has 0 saturated heterocycles. The number of aryl methyl sites for hydroxylation is 1. The molecule has 0 spiro atoms. The van der Waals surface area contributed by atoms with Gasteiger partial charge in [-0.15, -0.1) is 0 Å². The molecule has 0 saturated carbocycles. The summed E-state index contributed by atoms with van der Waals surface area (Å²) in [5.74, 6) is 0. The van der Waals surface area contributed by atoms with Gasteiger partial charge in [0, 0.05) is 12.2 Å². The van der Waals surface area contributed by atoms with E-state index in [0.717, 1.165) is 5.56 Å². The highest BCUT2D eigenvalue weighted by Crippen LogP contribution is 2.24. The smallest absolute Gasteiger partial charge is 0.264 e. The van der Waals surface area contributed by atoms with Crippen molar-refractivity contribution in [2.24, 2.45) is 0 Å². The molecule has 0 atom stereocenters. The van der Waals surface area contributed by atoms with Gasteiger partial charge in [-0.2, -0.15) is 0 Å². The van der Waals surface area contributed by atoms with Crippen LogP contribution in [-0.4, -0.2) is 15.0 Å². The molecule has 2 N–H and O–H groups in total. The number of benzene rings is 2. The summed E-state index contributed by atoms with van der Waals surface area (Å²) in [5.41, 5.74) is 7.89. The maximum atomic E-state index is 12.7. The van der Waals surface area contributed by atoms with Crippen LogP contribution in [0.4, 0.5) is 11.4 Å². The molecule has 106 valence electrons. The summed E-state index contributed by atoms with van der Waals surface area (Å²) in [7, 11) is -3.54. The molecule has 0 aromatic heterocycles. The standard InChI is InChI=1S/C15H18N2O2S/c1-3-17(14-8-6-13(16)7-9-14)20(18,19)15-10-4-12(2)5-11-15/h4-11H,3,16H2,1-2H3. The predicted molar refractivity (Wildman–Crippen MR) is 82.2 cm³/mol. The molecular weight excluding hydrogens is 272 g/mol. The summed E-state index contributed by atoms with van der Waals surface area (Å²) < 4.78 is 26.7. The lowest BCUT2D eigenvalue weighted by atomic mass is 10.2. The third-order valence-corrected chi connectivity index (χ3v) is 4.99. The SMILES string of the molecule is CCN(c1ccc(N)cc1)S(=O)(=O)c1ccc(C)cc1. The minimum absolute atomic E-state index is 0.293. The Morgan fingerprint density at radius 2 is 1.55 bits per heavy atom. The first-order valence-electron chi connectivity index (χ1n) is 6.40. The summed E-state index contributed by atoms with van der Waals surface area (Å²) in [6.45, 7) is 4.09. The van der Waals surface area contributed by atoms with Crippen molar-refractivity contribution in [1.29, 1.82) is 0 Å². The van der Waals surface area contributed by atoms with E-state index in [2.05, 4.69) is 0 Å². The average Bonchev–Trinajstić information content (AvgIpc) is 2.42. The second-order valence-electron chi connectivity index (χ2n) is 4.57. The fourth-order valence-corrected chi connectivity index (χ4v) is 3.44. The lowest BCUT2D eigenvalue weighted by Crippen LogP contribution is -2.30. The van der Waals surface area contributed by atoms with Crippen LogP contribution in [0.25, 0.3) is 0 Å². The Balaban J connectivity index is 2.44. The van der Waals surface area contributed by atoms with Crippen LogP contribution in [0.1, 0.15) is 12.5 Å². The number of sulfonamides is 1. The Morgan fingerprint density at radius 1 is 1.00 bits per heavy atom. The number of nitrogen functional groups attached to an aromatic ring is 1. The van der Waals surface area contributed by atoms with Crippen molar-refractivity contribution in [2.45, 2.75) is 18.7 Å². The van der Waals surface area contributed by atoms with E-state index in [9.17, 15) is 8.42 Å². The number of hydrogen-bond donors (Lipinski definition) is 1. The van der Waals surface area contributed by atoms with Crippen LogP contribution in [0, 0.1) is 6.92 Å². The summed E-state index contributed by atoms with van der Waals surface area (Å²) in [5, 5.41) is 0. The van der Waals surface area contributed by atoms with Crippen LogP contribution in [-0.2, 0) is 10.0 Å². The van der Waals surface area contributed by atoms with Crippen molar-refractivity contribution in [1.82, 2.24) is 0 Å². The first kappa shape index (κ1) is 14.4. The molecule has 20 heavy (non-hydrogen) atoms. The molecule has 0 fully saturated rings. The zero-order valence-corrected chi connectivity index (χ0v) is 12.4. The van der Waals surface area contributed by atoms with Crippen molar-refractivity contribution in [3.05, 3.63) is 54.1 Å². The minimum Gasteiger partial charge on any atom is -0.399 e. The molecule has 0 heterocycles. The maximum Gasteiger partial charge on any atom is 0.264 e. The van der Waals surface area contributed by atoms with E-state index >= 15 is 0 Å². The lowest BCUT2D eigenvalue weighted by molar-refractivity contribution is 0.592. The van der Waals surface area contributed by atoms with Crippen molar-refractivity contribution < 1.29 is 8.42 Å². The molecule has 4 nitrogen and oxygen atoms in total. The van der Waals surface area contributed by atoms with Gasteiger partial charge < -0.3 is 5.73 Å². The van der Waals surface area contributed by atoms with E-state index in [4.69, 9.17) is 5.73 Å². The molecule has 2 aromatic rings. The zero-order valence-electron chi connectivity index (χ0n) is 11.6. The van der Waals surface area contributed by atoms with Gasteiger partial charge in [-0.3, -0.25) is 4.31 Å². The van der Waals surface area contributed by atoms with Crippen molar-refractivity contribution in [2.75, 3.05) is 16.6 Å². The molecule has 0 aliphatic carbocycles. The summed E-state index contributed by atoms with van der Waals surface area (Å²) in [4.78, 5) is 0.293. The summed E-state index contributed by atoms with van der Waals surface area (Å²) >= 11 is 0. The number of nitrogens with zero attached hydrogens (tertiary/aromatic N) is 1. The Labute approximate surface area is 119 Å². The van der Waals surface area contributed by atoms with Gasteiger partial charge in [-0.1, -0.05) is 17.7 Å². The molecule has 2 aromatic carbocycles. The van der Waals surface area contributed by atoms with Gasteiger partial charge in [0.25, 0.3) is 10.0 Å². The Bertz CT molecular complexity index is 677. The van der Waals surface area contributed by atoms with Gasteiger partial charge in [-0.05, 0) is 50.2 Å². The van der Waals surface area contributed by atoms with E-state index in [1.165, 1.54) is 4.31 Å². The van der Waals surface area contributed by atoms with Gasteiger partial charge in [0.2, 0.25) is 0 Å². The lowest BCUT2D eigenvalue weighted by Gasteiger charge is -2.23. The first-order valence-corrected chi connectivity index (χ1v) is 7.84. The molecule has 0 aliphatic heterocycles. The van der Waals surface area contributed by atoms with Crippen LogP contribution in [0.5, 0.6) is 0 Å². The number of anilines is 2. The molecule has 2 rings (SSSR count). The summed E-state index contributed by atoms with van der Waals surface area (Å²) in [6, 6.07) is 13.7. The number of nitrogens with two attached hydrogens (primary N) is 1.